The molecule has 1 aromatic rings. The SMILES string of the molecule is CC(C)NCCC(=O)Nc1ccc(C(C)(C)C)cc1. The molecule has 0 heterocycles. The highest BCUT2D eigenvalue weighted by Gasteiger charge is 2.13. The van der Waals surface area contributed by atoms with E-state index in [4.69, 9.17) is 0 Å². The van der Waals surface area contributed by atoms with Crippen LogP contribution in [0.1, 0.15) is 46.6 Å². The van der Waals surface area contributed by atoms with E-state index in [0.717, 1.165) is 5.69 Å². The Morgan fingerprint density at radius 1 is 1.16 bits per heavy atom. The van der Waals surface area contributed by atoms with Gasteiger partial charge in [0.1, 0.15) is 0 Å². The average molecular weight is 262 g/mol. The first kappa shape index (κ1) is 15.7. The third-order valence-corrected chi connectivity index (χ3v) is 2.94. The van der Waals surface area contributed by atoms with E-state index < -0.39 is 0 Å². The number of hydrogen-bond acceptors (Lipinski definition) is 2. The predicted octanol–water partition coefficient (Wildman–Crippen LogP) is 3.31. The van der Waals surface area contributed by atoms with Gasteiger partial charge < -0.3 is 10.6 Å². The standard InChI is InChI=1S/C16H26N2O/c1-12(2)17-11-10-15(19)18-14-8-6-13(7-9-14)16(3,4)5/h6-9,12,17H,10-11H2,1-5H3,(H,18,19). The number of carbonyl (C=O) groups excluding carboxylic acids is 1. The van der Waals surface area contributed by atoms with Gasteiger partial charge in [-0.1, -0.05) is 46.8 Å². The van der Waals surface area contributed by atoms with Crippen molar-refractivity contribution in [2.45, 2.75) is 52.5 Å². The normalized spacial score (nSPS) is 11.7. The maximum Gasteiger partial charge on any atom is 0.225 e. The molecular weight excluding hydrogens is 236 g/mol. The van der Waals surface area contributed by atoms with Gasteiger partial charge in [0.2, 0.25) is 5.91 Å². The van der Waals surface area contributed by atoms with Gasteiger partial charge in [-0.3, -0.25) is 4.79 Å². The predicted molar refractivity (Wildman–Crippen MR) is 81.5 cm³/mol. The van der Waals surface area contributed by atoms with Gasteiger partial charge in [0.15, 0.2) is 0 Å². The van der Waals surface area contributed by atoms with Crippen LogP contribution in [0, 0.1) is 0 Å². The van der Waals surface area contributed by atoms with E-state index in [0.29, 0.717) is 19.0 Å². The molecule has 0 spiro atoms. The van der Waals surface area contributed by atoms with Crippen LogP contribution in [0.25, 0.3) is 0 Å². The van der Waals surface area contributed by atoms with Crippen LogP contribution in [-0.4, -0.2) is 18.5 Å². The Balaban J connectivity index is 2.47. The van der Waals surface area contributed by atoms with E-state index >= 15 is 0 Å². The molecule has 0 aliphatic heterocycles. The number of carbonyl (C=O) groups is 1. The zero-order valence-electron chi connectivity index (χ0n) is 12.7. The van der Waals surface area contributed by atoms with Crippen molar-refractivity contribution in [3.63, 3.8) is 0 Å². The summed E-state index contributed by atoms with van der Waals surface area (Å²) in [5.74, 6) is 0.0525. The first-order valence-corrected chi connectivity index (χ1v) is 6.93. The first-order valence-electron chi connectivity index (χ1n) is 6.93. The molecule has 0 bridgehead atoms. The number of rotatable bonds is 5. The van der Waals surface area contributed by atoms with Crippen molar-refractivity contribution < 1.29 is 4.79 Å². The first-order chi connectivity index (χ1) is 8.79. The van der Waals surface area contributed by atoms with Gasteiger partial charge in [-0.25, -0.2) is 0 Å². The zero-order valence-corrected chi connectivity index (χ0v) is 12.7. The summed E-state index contributed by atoms with van der Waals surface area (Å²) in [7, 11) is 0. The van der Waals surface area contributed by atoms with Gasteiger partial charge in [-0.2, -0.15) is 0 Å². The molecule has 106 valence electrons. The molecule has 0 unspecified atom stereocenters. The average Bonchev–Trinajstić information content (AvgIpc) is 2.27. The maximum atomic E-state index is 11.7. The van der Waals surface area contributed by atoms with Crippen LogP contribution in [0.2, 0.25) is 0 Å². The fourth-order valence-corrected chi connectivity index (χ4v) is 1.75. The van der Waals surface area contributed by atoms with Crippen molar-refractivity contribution in [2.75, 3.05) is 11.9 Å². The van der Waals surface area contributed by atoms with E-state index in [9.17, 15) is 4.79 Å². The van der Waals surface area contributed by atoms with E-state index in [2.05, 4.69) is 57.4 Å². The molecule has 3 nitrogen and oxygen atoms in total. The number of amides is 1. The molecule has 0 aliphatic carbocycles. The van der Waals surface area contributed by atoms with Crippen LogP contribution in [0.4, 0.5) is 5.69 Å². The second-order valence-corrected chi connectivity index (χ2v) is 6.23. The lowest BCUT2D eigenvalue weighted by Crippen LogP contribution is -2.27. The van der Waals surface area contributed by atoms with Gasteiger partial charge in [-0.05, 0) is 23.1 Å². The molecule has 0 aromatic heterocycles. The molecule has 0 fully saturated rings. The van der Waals surface area contributed by atoms with Crippen LogP contribution in [0.5, 0.6) is 0 Å². The molecule has 0 saturated heterocycles. The van der Waals surface area contributed by atoms with E-state index in [1.54, 1.807) is 0 Å². The molecule has 19 heavy (non-hydrogen) atoms. The Hall–Kier alpha value is -1.35. The molecule has 1 aromatic carbocycles. The molecule has 0 aliphatic rings. The van der Waals surface area contributed by atoms with E-state index in [1.165, 1.54) is 5.56 Å². The van der Waals surface area contributed by atoms with Crippen molar-refractivity contribution in [1.29, 1.82) is 0 Å². The van der Waals surface area contributed by atoms with Crippen LogP contribution >= 0.6 is 0 Å². The van der Waals surface area contributed by atoms with Gasteiger partial charge in [0, 0.05) is 24.7 Å². The summed E-state index contributed by atoms with van der Waals surface area (Å²) in [6.45, 7) is 11.4. The number of benzene rings is 1. The fraction of sp³-hybridized carbons (Fsp3) is 0.562. The quantitative estimate of drug-likeness (QED) is 0.854. The summed E-state index contributed by atoms with van der Waals surface area (Å²) in [4.78, 5) is 11.7. The Labute approximate surface area is 116 Å². The lowest BCUT2D eigenvalue weighted by Gasteiger charge is -2.19. The second kappa shape index (κ2) is 6.71. The zero-order chi connectivity index (χ0) is 14.5. The molecule has 0 atom stereocenters. The van der Waals surface area contributed by atoms with Crippen molar-refractivity contribution in [3.8, 4) is 0 Å². The van der Waals surface area contributed by atoms with E-state index in [-0.39, 0.29) is 11.3 Å². The fourth-order valence-electron chi connectivity index (χ4n) is 1.75. The van der Waals surface area contributed by atoms with Crippen LogP contribution < -0.4 is 10.6 Å². The Bertz CT molecular complexity index is 402. The summed E-state index contributed by atoms with van der Waals surface area (Å²) < 4.78 is 0. The largest absolute Gasteiger partial charge is 0.326 e. The number of anilines is 1. The van der Waals surface area contributed by atoms with Crippen molar-refractivity contribution in [2.24, 2.45) is 0 Å². The van der Waals surface area contributed by atoms with Crippen LogP contribution in [0.3, 0.4) is 0 Å². The lowest BCUT2D eigenvalue weighted by molar-refractivity contribution is -0.116. The molecule has 3 heteroatoms. The lowest BCUT2D eigenvalue weighted by atomic mass is 9.87. The van der Waals surface area contributed by atoms with Gasteiger partial charge in [0.25, 0.3) is 0 Å². The highest BCUT2D eigenvalue weighted by atomic mass is 16.1. The van der Waals surface area contributed by atoms with E-state index in [1.807, 2.05) is 12.1 Å². The summed E-state index contributed by atoms with van der Waals surface area (Å²) >= 11 is 0. The number of nitrogens with one attached hydrogen (secondary N) is 2. The van der Waals surface area contributed by atoms with Crippen molar-refractivity contribution in [3.05, 3.63) is 29.8 Å². The molecule has 1 rings (SSSR count). The number of hydrogen-bond donors (Lipinski definition) is 2. The molecule has 1 amide bonds. The minimum atomic E-state index is 0.0525. The molecule has 2 N–H and O–H groups in total. The maximum absolute atomic E-state index is 11.7. The topological polar surface area (TPSA) is 41.1 Å². The third-order valence-electron chi connectivity index (χ3n) is 2.94. The monoisotopic (exact) mass is 262 g/mol. The highest BCUT2D eigenvalue weighted by Crippen LogP contribution is 2.23. The smallest absolute Gasteiger partial charge is 0.225 e. The minimum absolute atomic E-state index is 0.0525. The Morgan fingerprint density at radius 2 is 1.74 bits per heavy atom. The summed E-state index contributed by atoms with van der Waals surface area (Å²) in [6, 6.07) is 8.49. The summed E-state index contributed by atoms with van der Waals surface area (Å²) in [6.07, 6.45) is 0.499. The van der Waals surface area contributed by atoms with Crippen molar-refractivity contribution >= 4 is 11.6 Å². The van der Waals surface area contributed by atoms with Gasteiger partial charge >= 0.3 is 0 Å². The molecular formula is C16H26N2O. The van der Waals surface area contributed by atoms with Crippen LogP contribution in [0.15, 0.2) is 24.3 Å². The summed E-state index contributed by atoms with van der Waals surface area (Å²) in [5, 5.41) is 6.15. The third kappa shape index (κ3) is 5.88. The Kier molecular flexibility index (Phi) is 5.55. The highest BCUT2D eigenvalue weighted by molar-refractivity contribution is 5.90. The minimum Gasteiger partial charge on any atom is -0.326 e. The molecule has 0 saturated carbocycles. The Morgan fingerprint density at radius 3 is 2.21 bits per heavy atom. The second-order valence-electron chi connectivity index (χ2n) is 6.23. The van der Waals surface area contributed by atoms with Gasteiger partial charge in [-0.15, -0.1) is 0 Å². The molecule has 0 radical (unpaired) electrons. The van der Waals surface area contributed by atoms with Crippen LogP contribution in [-0.2, 0) is 10.2 Å². The van der Waals surface area contributed by atoms with Crippen molar-refractivity contribution in [1.82, 2.24) is 5.32 Å². The van der Waals surface area contributed by atoms with Gasteiger partial charge in [0.05, 0.1) is 0 Å². The summed E-state index contributed by atoms with van der Waals surface area (Å²) in [5.41, 5.74) is 2.28.